The Morgan fingerprint density at radius 1 is 1.11 bits per heavy atom. The molecule has 0 saturated carbocycles. The average Bonchev–Trinajstić information content (AvgIpc) is 3.15. The highest BCUT2D eigenvalue weighted by Gasteiger charge is 2.27. The van der Waals surface area contributed by atoms with Crippen LogP contribution in [-0.2, 0) is 16.1 Å². The van der Waals surface area contributed by atoms with Gasteiger partial charge in [-0.1, -0.05) is 51.8 Å². The largest absolute Gasteiger partial charge is 0.375 e. The summed E-state index contributed by atoms with van der Waals surface area (Å²) < 4.78 is 6.62. The second-order valence-corrected chi connectivity index (χ2v) is 9.34. The van der Waals surface area contributed by atoms with Gasteiger partial charge in [-0.2, -0.15) is 0 Å². The van der Waals surface area contributed by atoms with E-state index in [1.807, 2.05) is 49.4 Å². The monoisotopic (exact) mass is 555 g/mol. The number of ketones is 1. The van der Waals surface area contributed by atoms with Crippen LogP contribution in [0.3, 0.4) is 0 Å². The highest BCUT2D eigenvalue weighted by molar-refractivity contribution is 9.10. The maximum absolute atomic E-state index is 13.0. The molecule has 2 N–H and O–H groups in total. The van der Waals surface area contributed by atoms with Crippen molar-refractivity contribution in [1.82, 2.24) is 10.2 Å². The minimum Gasteiger partial charge on any atom is -0.375 e. The predicted octanol–water partition coefficient (Wildman–Crippen LogP) is 5.45. The number of ether oxygens (including phenoxy) is 1. The summed E-state index contributed by atoms with van der Waals surface area (Å²) in [7, 11) is 0. The van der Waals surface area contributed by atoms with Gasteiger partial charge in [0, 0.05) is 32.5 Å². The van der Waals surface area contributed by atoms with Crippen LogP contribution >= 0.6 is 27.5 Å². The number of anilines is 2. The quantitative estimate of drug-likeness (QED) is 0.208. The summed E-state index contributed by atoms with van der Waals surface area (Å²) in [6.07, 6.45) is 0. The summed E-state index contributed by atoms with van der Waals surface area (Å²) in [5, 5.41) is 6.17. The number of rotatable bonds is 9. The van der Waals surface area contributed by atoms with Gasteiger partial charge in [-0.25, -0.2) is 4.79 Å². The van der Waals surface area contributed by atoms with Gasteiger partial charge in [-0.05, 0) is 48.9 Å². The number of nitrogens with zero attached hydrogens (tertiary/aromatic N) is 1. The lowest BCUT2D eigenvalue weighted by Crippen LogP contribution is -2.33. The van der Waals surface area contributed by atoms with E-state index in [0.29, 0.717) is 16.1 Å². The first-order chi connectivity index (χ1) is 16.8. The fourth-order valence-electron chi connectivity index (χ4n) is 3.73. The van der Waals surface area contributed by atoms with E-state index in [9.17, 15) is 14.4 Å². The Hall–Kier alpha value is -3.20. The smallest absolute Gasteiger partial charge is 0.324 e. The van der Waals surface area contributed by atoms with E-state index in [-0.39, 0.29) is 38.0 Å². The van der Waals surface area contributed by atoms with Crippen molar-refractivity contribution in [2.45, 2.75) is 13.5 Å². The molecule has 0 aliphatic carbocycles. The number of halogens is 2. The van der Waals surface area contributed by atoms with Gasteiger partial charge in [0.2, 0.25) is 5.91 Å². The van der Waals surface area contributed by atoms with Crippen molar-refractivity contribution in [3.63, 3.8) is 0 Å². The number of hydrogen-bond acceptors (Lipinski definition) is 5. The Bertz CT molecular complexity index is 1280. The van der Waals surface area contributed by atoms with Crippen LogP contribution in [-0.4, -0.2) is 42.3 Å². The number of aryl methyl sites for hydroxylation is 1. The van der Waals surface area contributed by atoms with Crippen molar-refractivity contribution >= 4 is 56.6 Å². The Balaban J connectivity index is 1.44. The Morgan fingerprint density at radius 3 is 2.63 bits per heavy atom. The van der Waals surface area contributed by atoms with E-state index in [2.05, 4.69) is 26.6 Å². The van der Waals surface area contributed by atoms with Crippen LogP contribution in [0.1, 0.15) is 27.0 Å². The number of benzene rings is 3. The third-order valence-corrected chi connectivity index (χ3v) is 6.41. The lowest BCUT2D eigenvalue weighted by Gasteiger charge is -2.16. The van der Waals surface area contributed by atoms with E-state index in [1.54, 1.807) is 18.2 Å². The first kappa shape index (κ1) is 24.9. The van der Waals surface area contributed by atoms with Crippen LogP contribution in [0.2, 0.25) is 5.02 Å². The fraction of sp³-hybridized carbons (Fsp3) is 0.192. The third kappa shape index (κ3) is 5.90. The first-order valence-corrected chi connectivity index (χ1v) is 12.1. The van der Waals surface area contributed by atoms with Crippen molar-refractivity contribution in [2.24, 2.45) is 0 Å². The normalized spacial score (nSPS) is 13.2. The van der Waals surface area contributed by atoms with Crippen LogP contribution in [0.25, 0.3) is 0 Å². The number of imide groups is 1. The van der Waals surface area contributed by atoms with Crippen LogP contribution in [0.5, 0.6) is 0 Å². The molecule has 4 rings (SSSR count). The van der Waals surface area contributed by atoms with Gasteiger partial charge in [0.1, 0.15) is 0 Å². The molecule has 180 valence electrons. The summed E-state index contributed by atoms with van der Waals surface area (Å²) in [6.45, 7) is 2.59. The highest BCUT2D eigenvalue weighted by atomic mass is 79.9. The molecule has 3 amide bonds. The molecule has 1 aliphatic heterocycles. The number of carbonyl (C=O) groups excluding carboxylic acids is 3. The highest BCUT2D eigenvalue weighted by Crippen LogP contribution is 2.29. The molecule has 3 aromatic carbocycles. The van der Waals surface area contributed by atoms with Crippen molar-refractivity contribution in [3.05, 3.63) is 92.4 Å². The number of urea groups is 1. The van der Waals surface area contributed by atoms with Gasteiger partial charge in [0.25, 0.3) is 0 Å². The zero-order chi connectivity index (χ0) is 24.9. The van der Waals surface area contributed by atoms with Crippen molar-refractivity contribution < 1.29 is 19.1 Å². The Morgan fingerprint density at radius 2 is 1.91 bits per heavy atom. The summed E-state index contributed by atoms with van der Waals surface area (Å²) in [5.41, 5.74) is 4.34. The Kier molecular flexibility index (Phi) is 7.85. The summed E-state index contributed by atoms with van der Waals surface area (Å²) in [4.78, 5) is 37.4. The predicted molar refractivity (Wildman–Crippen MR) is 138 cm³/mol. The molecule has 0 atom stereocenters. The second-order valence-electron chi connectivity index (χ2n) is 8.02. The van der Waals surface area contributed by atoms with Crippen LogP contribution < -0.4 is 10.6 Å². The topological polar surface area (TPSA) is 87.7 Å². The SMILES string of the molecule is Cc1ccccc1C(=O)c1ccc(Nc2ccc(Br)cc2COCCN2C(=O)CNC2=O)cc1Cl. The van der Waals surface area contributed by atoms with Gasteiger partial charge in [-0.3, -0.25) is 14.5 Å². The lowest BCUT2D eigenvalue weighted by molar-refractivity contribution is -0.125. The van der Waals surface area contributed by atoms with E-state index in [1.165, 1.54) is 0 Å². The minimum atomic E-state index is -0.398. The zero-order valence-electron chi connectivity index (χ0n) is 18.9. The molecule has 0 spiro atoms. The molecule has 0 unspecified atom stereocenters. The zero-order valence-corrected chi connectivity index (χ0v) is 21.3. The van der Waals surface area contributed by atoms with Gasteiger partial charge in [0.05, 0.1) is 31.3 Å². The summed E-state index contributed by atoms with van der Waals surface area (Å²) in [6, 6.07) is 18.0. The van der Waals surface area contributed by atoms with Gasteiger partial charge in [-0.15, -0.1) is 0 Å². The Labute approximate surface area is 216 Å². The van der Waals surface area contributed by atoms with Crippen molar-refractivity contribution in [1.29, 1.82) is 0 Å². The molecule has 9 heteroatoms. The average molecular weight is 557 g/mol. The fourth-order valence-corrected chi connectivity index (χ4v) is 4.40. The van der Waals surface area contributed by atoms with Gasteiger partial charge >= 0.3 is 6.03 Å². The van der Waals surface area contributed by atoms with E-state index in [0.717, 1.165) is 31.9 Å². The molecule has 7 nitrogen and oxygen atoms in total. The first-order valence-electron chi connectivity index (χ1n) is 10.9. The standard InChI is InChI=1S/C26H23BrClN3O4/c1-16-4-2-3-5-20(16)25(33)21-8-7-19(13-22(21)28)30-23-9-6-18(27)12-17(23)15-35-11-10-31-24(32)14-29-26(31)34/h2-9,12-13,30H,10-11,14-15H2,1H3,(H,29,34). The van der Waals surface area contributed by atoms with E-state index < -0.39 is 6.03 Å². The molecule has 1 heterocycles. The molecule has 3 aromatic rings. The van der Waals surface area contributed by atoms with Crippen LogP contribution in [0.15, 0.2) is 65.1 Å². The third-order valence-electron chi connectivity index (χ3n) is 5.60. The molecule has 0 bridgehead atoms. The molecular formula is C26H23BrClN3O4. The van der Waals surface area contributed by atoms with Gasteiger partial charge < -0.3 is 15.4 Å². The molecule has 1 saturated heterocycles. The number of amides is 3. The molecule has 1 fully saturated rings. The van der Waals surface area contributed by atoms with Crippen molar-refractivity contribution in [2.75, 3.05) is 25.0 Å². The molecule has 35 heavy (non-hydrogen) atoms. The molecule has 0 aromatic heterocycles. The van der Waals surface area contributed by atoms with E-state index >= 15 is 0 Å². The maximum atomic E-state index is 13.0. The molecule has 0 radical (unpaired) electrons. The lowest BCUT2D eigenvalue weighted by atomic mass is 9.99. The van der Waals surface area contributed by atoms with Crippen LogP contribution in [0, 0.1) is 6.92 Å². The van der Waals surface area contributed by atoms with E-state index in [4.69, 9.17) is 16.3 Å². The second kappa shape index (κ2) is 11.0. The number of carbonyl (C=O) groups is 3. The molecular weight excluding hydrogens is 534 g/mol. The maximum Gasteiger partial charge on any atom is 0.324 e. The summed E-state index contributed by atoms with van der Waals surface area (Å²) >= 11 is 9.97. The van der Waals surface area contributed by atoms with Crippen molar-refractivity contribution in [3.8, 4) is 0 Å². The number of hydrogen-bond donors (Lipinski definition) is 2. The minimum absolute atomic E-state index is 0.0242. The molecule has 1 aliphatic rings. The number of nitrogens with one attached hydrogen (secondary N) is 2. The van der Waals surface area contributed by atoms with Gasteiger partial charge in [0.15, 0.2) is 5.78 Å². The summed E-state index contributed by atoms with van der Waals surface area (Å²) in [5.74, 6) is -0.382. The van der Waals surface area contributed by atoms with Crippen LogP contribution in [0.4, 0.5) is 16.2 Å².